The summed E-state index contributed by atoms with van der Waals surface area (Å²) in [5.41, 5.74) is 0.293. The predicted octanol–water partition coefficient (Wildman–Crippen LogP) is 1.65. The number of nitrogens with zero attached hydrogens (tertiary/aromatic N) is 1. The molecule has 0 aliphatic carbocycles. The number of amides is 2. The second kappa shape index (κ2) is 8.00. The number of para-hydroxylation sites is 2. The molecule has 1 aromatic rings. The van der Waals surface area contributed by atoms with Crippen LogP contribution in [0.3, 0.4) is 0 Å². The first kappa shape index (κ1) is 18.8. The van der Waals surface area contributed by atoms with Crippen molar-refractivity contribution in [3.8, 4) is 5.75 Å². The van der Waals surface area contributed by atoms with Crippen molar-refractivity contribution in [1.82, 2.24) is 5.32 Å². The average Bonchev–Trinajstić information content (AvgIpc) is 2.58. The monoisotopic (exact) mass is 348 g/mol. The molecule has 1 N–H and O–H groups in total. The van der Waals surface area contributed by atoms with Gasteiger partial charge in [0.1, 0.15) is 5.75 Å². The number of nitrogens with one attached hydrogen (secondary N) is 1. The van der Waals surface area contributed by atoms with Crippen molar-refractivity contribution in [2.24, 2.45) is 0 Å². The molecule has 0 bridgehead atoms. The summed E-state index contributed by atoms with van der Waals surface area (Å²) in [6.07, 6.45) is 0.774. The van der Waals surface area contributed by atoms with Crippen LogP contribution in [0.2, 0.25) is 0 Å². The van der Waals surface area contributed by atoms with Crippen LogP contribution in [0.5, 0.6) is 5.75 Å². The number of rotatable bonds is 7. The third kappa shape index (κ3) is 5.20. The molecule has 0 unspecified atom stereocenters. The first-order valence-electron chi connectivity index (χ1n) is 8.31. The van der Waals surface area contributed by atoms with Crippen LogP contribution < -0.4 is 15.0 Å². The highest BCUT2D eigenvalue weighted by atomic mass is 16.5. The fraction of sp³-hybridized carbons (Fsp3) is 0.500. The zero-order valence-electron chi connectivity index (χ0n) is 14.8. The minimum atomic E-state index is -0.527. The maximum atomic E-state index is 12.0. The Balaban J connectivity index is 1.82. The van der Waals surface area contributed by atoms with Crippen LogP contribution in [-0.4, -0.2) is 43.1 Å². The second-order valence-electron chi connectivity index (χ2n) is 6.50. The average molecular weight is 348 g/mol. The second-order valence-corrected chi connectivity index (χ2v) is 6.50. The zero-order valence-corrected chi connectivity index (χ0v) is 14.8. The van der Waals surface area contributed by atoms with E-state index in [-0.39, 0.29) is 43.5 Å². The molecule has 1 aliphatic heterocycles. The van der Waals surface area contributed by atoms with E-state index in [1.54, 1.807) is 18.2 Å². The van der Waals surface area contributed by atoms with Gasteiger partial charge in [0.25, 0.3) is 11.8 Å². The predicted molar refractivity (Wildman–Crippen MR) is 92.4 cm³/mol. The van der Waals surface area contributed by atoms with Crippen molar-refractivity contribution in [2.45, 2.75) is 39.2 Å². The van der Waals surface area contributed by atoms with E-state index in [4.69, 9.17) is 9.47 Å². The summed E-state index contributed by atoms with van der Waals surface area (Å²) < 4.78 is 10.3. The van der Waals surface area contributed by atoms with Gasteiger partial charge >= 0.3 is 5.97 Å². The van der Waals surface area contributed by atoms with Gasteiger partial charge in [-0.1, -0.05) is 19.1 Å². The molecule has 2 amide bonds. The van der Waals surface area contributed by atoms with Gasteiger partial charge in [-0.2, -0.15) is 0 Å². The minimum Gasteiger partial charge on any atom is -0.482 e. The van der Waals surface area contributed by atoms with E-state index in [9.17, 15) is 14.4 Å². The Morgan fingerprint density at radius 1 is 1.32 bits per heavy atom. The summed E-state index contributed by atoms with van der Waals surface area (Å²) in [6.45, 7) is 5.56. The zero-order chi connectivity index (χ0) is 18.4. The van der Waals surface area contributed by atoms with Gasteiger partial charge < -0.3 is 19.7 Å². The fourth-order valence-electron chi connectivity index (χ4n) is 2.32. The highest BCUT2D eigenvalue weighted by Crippen LogP contribution is 2.31. The van der Waals surface area contributed by atoms with E-state index in [1.165, 1.54) is 4.90 Å². The number of carbonyl (C=O) groups excluding carboxylic acids is 3. The lowest BCUT2D eigenvalue weighted by atomic mass is 10.0. The van der Waals surface area contributed by atoms with Crippen molar-refractivity contribution < 1.29 is 23.9 Å². The molecule has 0 spiro atoms. The van der Waals surface area contributed by atoms with Gasteiger partial charge in [0, 0.05) is 12.1 Å². The first-order chi connectivity index (χ1) is 11.8. The number of ether oxygens (including phenoxy) is 2. The molecular formula is C18H24N2O5. The highest BCUT2D eigenvalue weighted by molar-refractivity contribution is 5.98. The van der Waals surface area contributed by atoms with Crippen LogP contribution in [0.25, 0.3) is 0 Å². The Hall–Kier alpha value is -2.57. The van der Waals surface area contributed by atoms with Crippen molar-refractivity contribution in [2.75, 3.05) is 24.7 Å². The number of hydrogen-bond acceptors (Lipinski definition) is 5. The lowest BCUT2D eigenvalue weighted by Gasteiger charge is -2.29. The summed E-state index contributed by atoms with van der Waals surface area (Å²) in [6, 6.07) is 7.15. The molecule has 1 aromatic carbocycles. The highest BCUT2D eigenvalue weighted by Gasteiger charge is 2.26. The molecule has 0 atom stereocenters. The smallest absolute Gasteiger partial charge is 0.308 e. The molecule has 1 aliphatic rings. The van der Waals surface area contributed by atoms with Gasteiger partial charge in [-0.15, -0.1) is 0 Å². The Bertz CT molecular complexity index is 657. The van der Waals surface area contributed by atoms with E-state index in [1.807, 2.05) is 26.8 Å². The molecule has 7 nitrogen and oxygen atoms in total. The molecule has 25 heavy (non-hydrogen) atoms. The van der Waals surface area contributed by atoms with Crippen LogP contribution in [0, 0.1) is 0 Å². The van der Waals surface area contributed by atoms with Crippen LogP contribution in [0.15, 0.2) is 24.3 Å². The molecule has 0 aromatic heterocycles. The van der Waals surface area contributed by atoms with Crippen LogP contribution in [0.1, 0.15) is 33.6 Å². The van der Waals surface area contributed by atoms with E-state index >= 15 is 0 Å². The van der Waals surface area contributed by atoms with E-state index in [0.717, 1.165) is 6.42 Å². The molecule has 0 saturated carbocycles. The topological polar surface area (TPSA) is 84.9 Å². The number of esters is 1. The maximum absolute atomic E-state index is 12.0. The molecule has 136 valence electrons. The lowest BCUT2D eigenvalue weighted by Crippen LogP contribution is -2.44. The van der Waals surface area contributed by atoms with Crippen molar-refractivity contribution >= 4 is 23.5 Å². The van der Waals surface area contributed by atoms with Gasteiger partial charge in [0.2, 0.25) is 0 Å². The molecule has 0 radical (unpaired) electrons. The van der Waals surface area contributed by atoms with Gasteiger partial charge in [-0.25, -0.2) is 0 Å². The van der Waals surface area contributed by atoms with E-state index in [0.29, 0.717) is 11.4 Å². The number of benzene rings is 1. The molecule has 0 saturated heterocycles. The first-order valence-corrected chi connectivity index (χ1v) is 8.31. The number of carbonyl (C=O) groups is 3. The van der Waals surface area contributed by atoms with Gasteiger partial charge in [-0.05, 0) is 32.4 Å². The minimum absolute atomic E-state index is 0.00449. The van der Waals surface area contributed by atoms with E-state index < -0.39 is 5.97 Å². The quantitative estimate of drug-likeness (QED) is 0.758. The SMILES string of the molecule is CCC(C)(C)NC(=O)COC(=O)CCN1C(=O)COc2ccccc21. The van der Waals surface area contributed by atoms with Crippen molar-refractivity contribution in [1.29, 1.82) is 0 Å². The Labute approximate surface area is 147 Å². The van der Waals surface area contributed by atoms with Gasteiger partial charge in [-0.3, -0.25) is 14.4 Å². The normalized spacial score (nSPS) is 13.7. The van der Waals surface area contributed by atoms with Gasteiger partial charge in [0.15, 0.2) is 13.2 Å². The fourth-order valence-corrected chi connectivity index (χ4v) is 2.32. The lowest BCUT2D eigenvalue weighted by molar-refractivity contribution is -0.148. The summed E-state index contributed by atoms with van der Waals surface area (Å²) in [5.74, 6) is -0.472. The largest absolute Gasteiger partial charge is 0.482 e. The third-order valence-corrected chi connectivity index (χ3v) is 4.07. The number of fused-ring (bicyclic) bond motifs is 1. The Morgan fingerprint density at radius 3 is 2.76 bits per heavy atom. The van der Waals surface area contributed by atoms with Crippen LogP contribution >= 0.6 is 0 Å². The summed E-state index contributed by atoms with van der Waals surface area (Å²) in [7, 11) is 0. The molecule has 2 rings (SSSR count). The molecule has 0 fully saturated rings. The summed E-state index contributed by atoms with van der Waals surface area (Å²) >= 11 is 0. The molecule has 7 heteroatoms. The molecular weight excluding hydrogens is 324 g/mol. The summed E-state index contributed by atoms with van der Waals surface area (Å²) in [4.78, 5) is 37.2. The van der Waals surface area contributed by atoms with Crippen molar-refractivity contribution in [3.63, 3.8) is 0 Å². The van der Waals surface area contributed by atoms with Gasteiger partial charge in [0.05, 0.1) is 12.1 Å². The maximum Gasteiger partial charge on any atom is 0.308 e. The third-order valence-electron chi connectivity index (χ3n) is 4.07. The Morgan fingerprint density at radius 2 is 2.04 bits per heavy atom. The van der Waals surface area contributed by atoms with Crippen molar-refractivity contribution in [3.05, 3.63) is 24.3 Å². The van der Waals surface area contributed by atoms with Crippen LogP contribution in [0.4, 0.5) is 5.69 Å². The Kier molecular flexibility index (Phi) is 6.01. The number of hydrogen-bond donors (Lipinski definition) is 1. The van der Waals surface area contributed by atoms with Crippen LogP contribution in [-0.2, 0) is 19.1 Å². The standard InChI is InChI=1S/C18H24N2O5/c1-4-18(2,3)19-15(21)11-25-17(23)9-10-20-13-7-5-6-8-14(13)24-12-16(20)22/h5-8H,4,9-12H2,1-3H3,(H,19,21). The van der Waals surface area contributed by atoms with E-state index in [2.05, 4.69) is 5.32 Å². The number of anilines is 1. The molecule has 1 heterocycles. The summed E-state index contributed by atoms with van der Waals surface area (Å²) in [5, 5.41) is 2.79.